The Morgan fingerprint density at radius 3 is 2.62 bits per heavy atom. The fourth-order valence-corrected chi connectivity index (χ4v) is 2.35. The Balaban J connectivity index is 2.03. The Labute approximate surface area is 103 Å². The highest BCUT2D eigenvalue weighted by molar-refractivity contribution is 7.09. The van der Waals surface area contributed by atoms with Crippen LogP contribution in [0.2, 0.25) is 0 Å². The second-order valence-corrected chi connectivity index (χ2v) is 6.49. The van der Waals surface area contributed by atoms with Crippen LogP contribution in [0.1, 0.15) is 50.6 Å². The summed E-state index contributed by atoms with van der Waals surface area (Å²) in [6.45, 7) is 11.1. The van der Waals surface area contributed by atoms with Crippen LogP contribution >= 0.6 is 11.3 Å². The van der Waals surface area contributed by atoms with E-state index >= 15 is 0 Å². The molecule has 92 valence electrons. The standard InChI is InChI=1S/C13H24N2S/c1-11-12(16-10-15-11)9-14-8-6-5-7-13(2,3)4/h10,14H,5-9H2,1-4H3. The minimum atomic E-state index is 0.480. The van der Waals surface area contributed by atoms with Crippen molar-refractivity contribution in [2.45, 2.75) is 53.5 Å². The Hall–Kier alpha value is -0.410. The highest BCUT2D eigenvalue weighted by Crippen LogP contribution is 2.21. The van der Waals surface area contributed by atoms with E-state index in [4.69, 9.17) is 0 Å². The smallest absolute Gasteiger partial charge is 0.0798 e. The molecule has 2 nitrogen and oxygen atoms in total. The van der Waals surface area contributed by atoms with E-state index in [0.29, 0.717) is 5.41 Å². The van der Waals surface area contributed by atoms with Gasteiger partial charge in [-0.25, -0.2) is 4.98 Å². The predicted molar refractivity (Wildman–Crippen MR) is 71.9 cm³/mol. The number of aromatic nitrogens is 1. The normalized spacial score (nSPS) is 12.0. The van der Waals surface area contributed by atoms with E-state index in [2.05, 4.69) is 38.0 Å². The zero-order valence-corrected chi connectivity index (χ0v) is 11.8. The van der Waals surface area contributed by atoms with Crippen molar-refractivity contribution in [1.82, 2.24) is 10.3 Å². The molecule has 0 unspecified atom stereocenters. The summed E-state index contributed by atoms with van der Waals surface area (Å²) in [6, 6.07) is 0. The molecule has 0 aliphatic rings. The van der Waals surface area contributed by atoms with Gasteiger partial charge in [-0.1, -0.05) is 27.2 Å². The minimum Gasteiger partial charge on any atom is -0.312 e. The van der Waals surface area contributed by atoms with Crippen molar-refractivity contribution < 1.29 is 0 Å². The molecule has 0 saturated heterocycles. The predicted octanol–water partition coefficient (Wildman–Crippen LogP) is 3.76. The Kier molecular flexibility index (Phi) is 5.42. The molecule has 0 amide bonds. The molecule has 0 aliphatic carbocycles. The molecule has 1 N–H and O–H groups in total. The van der Waals surface area contributed by atoms with Crippen molar-refractivity contribution in [3.63, 3.8) is 0 Å². The first-order chi connectivity index (χ1) is 7.49. The quantitative estimate of drug-likeness (QED) is 0.766. The van der Waals surface area contributed by atoms with Crippen molar-refractivity contribution in [1.29, 1.82) is 0 Å². The second kappa shape index (κ2) is 6.36. The molecule has 16 heavy (non-hydrogen) atoms. The summed E-state index contributed by atoms with van der Waals surface area (Å²) >= 11 is 1.74. The summed E-state index contributed by atoms with van der Waals surface area (Å²) in [5, 5.41) is 3.49. The molecule has 0 aromatic carbocycles. The van der Waals surface area contributed by atoms with Gasteiger partial charge in [0.15, 0.2) is 0 Å². The van der Waals surface area contributed by atoms with E-state index < -0.39 is 0 Å². The molecule has 0 bridgehead atoms. The minimum absolute atomic E-state index is 0.480. The van der Waals surface area contributed by atoms with Gasteiger partial charge in [0.2, 0.25) is 0 Å². The Bertz CT molecular complexity index is 299. The summed E-state index contributed by atoms with van der Waals surface area (Å²) in [5.74, 6) is 0. The number of thiazole rings is 1. The molecule has 0 fully saturated rings. The van der Waals surface area contributed by atoms with Gasteiger partial charge in [0.1, 0.15) is 0 Å². The van der Waals surface area contributed by atoms with Crippen LogP contribution in [0.3, 0.4) is 0 Å². The highest BCUT2D eigenvalue weighted by Gasteiger charge is 2.08. The van der Waals surface area contributed by atoms with E-state index in [9.17, 15) is 0 Å². The fourth-order valence-electron chi connectivity index (χ4n) is 1.60. The van der Waals surface area contributed by atoms with Crippen LogP contribution in [0.4, 0.5) is 0 Å². The summed E-state index contributed by atoms with van der Waals surface area (Å²) in [5.41, 5.74) is 3.58. The topological polar surface area (TPSA) is 24.9 Å². The summed E-state index contributed by atoms with van der Waals surface area (Å²) in [4.78, 5) is 5.61. The molecule has 3 heteroatoms. The van der Waals surface area contributed by atoms with Crippen molar-refractivity contribution in [3.8, 4) is 0 Å². The zero-order chi connectivity index (χ0) is 12.0. The summed E-state index contributed by atoms with van der Waals surface area (Å²) in [6.07, 6.45) is 3.90. The molecule has 0 aliphatic heterocycles. The largest absolute Gasteiger partial charge is 0.312 e. The van der Waals surface area contributed by atoms with E-state index in [1.165, 1.54) is 29.8 Å². The van der Waals surface area contributed by atoms with Gasteiger partial charge >= 0.3 is 0 Å². The third-order valence-corrected chi connectivity index (χ3v) is 3.60. The van der Waals surface area contributed by atoms with Crippen molar-refractivity contribution >= 4 is 11.3 Å². The number of aryl methyl sites for hydroxylation is 1. The molecule has 0 radical (unpaired) electrons. The molecule has 0 saturated carbocycles. The van der Waals surface area contributed by atoms with Gasteiger partial charge in [-0.15, -0.1) is 11.3 Å². The van der Waals surface area contributed by atoms with Crippen molar-refractivity contribution in [2.75, 3.05) is 6.54 Å². The van der Waals surface area contributed by atoms with Gasteiger partial charge in [0, 0.05) is 11.4 Å². The van der Waals surface area contributed by atoms with Crippen LogP contribution in [-0.4, -0.2) is 11.5 Å². The molecule has 1 aromatic heterocycles. The SMILES string of the molecule is Cc1ncsc1CNCCCCC(C)(C)C. The lowest BCUT2D eigenvalue weighted by Gasteiger charge is -2.17. The Morgan fingerprint density at radius 1 is 1.31 bits per heavy atom. The van der Waals surface area contributed by atoms with E-state index in [1.54, 1.807) is 11.3 Å². The highest BCUT2D eigenvalue weighted by atomic mass is 32.1. The number of hydrogen-bond donors (Lipinski definition) is 1. The monoisotopic (exact) mass is 240 g/mol. The van der Waals surface area contributed by atoms with Crippen LogP contribution in [0.25, 0.3) is 0 Å². The first kappa shape index (κ1) is 13.7. The average molecular weight is 240 g/mol. The molecule has 1 aromatic rings. The summed E-state index contributed by atoms with van der Waals surface area (Å²) < 4.78 is 0. The lowest BCUT2D eigenvalue weighted by atomic mass is 9.90. The third-order valence-electron chi connectivity index (χ3n) is 2.66. The van der Waals surface area contributed by atoms with Crippen LogP contribution in [0.5, 0.6) is 0 Å². The van der Waals surface area contributed by atoms with E-state index in [1.807, 2.05) is 5.51 Å². The first-order valence-electron chi connectivity index (χ1n) is 6.09. The van der Waals surface area contributed by atoms with Gasteiger partial charge in [-0.2, -0.15) is 0 Å². The molecule has 0 spiro atoms. The van der Waals surface area contributed by atoms with Crippen LogP contribution < -0.4 is 5.32 Å². The van der Waals surface area contributed by atoms with Crippen LogP contribution in [0, 0.1) is 12.3 Å². The Morgan fingerprint density at radius 2 is 2.06 bits per heavy atom. The van der Waals surface area contributed by atoms with Gasteiger partial charge in [-0.3, -0.25) is 0 Å². The first-order valence-corrected chi connectivity index (χ1v) is 6.97. The number of nitrogens with zero attached hydrogens (tertiary/aromatic N) is 1. The van der Waals surface area contributed by atoms with Gasteiger partial charge in [0.25, 0.3) is 0 Å². The van der Waals surface area contributed by atoms with Crippen LogP contribution in [0.15, 0.2) is 5.51 Å². The third kappa shape index (κ3) is 5.61. The maximum absolute atomic E-state index is 4.24. The van der Waals surface area contributed by atoms with E-state index in [-0.39, 0.29) is 0 Å². The average Bonchev–Trinajstić information content (AvgIpc) is 2.56. The number of hydrogen-bond acceptors (Lipinski definition) is 3. The van der Waals surface area contributed by atoms with Crippen molar-refractivity contribution in [2.24, 2.45) is 5.41 Å². The molecule has 1 heterocycles. The number of unbranched alkanes of at least 4 members (excludes halogenated alkanes) is 1. The lowest BCUT2D eigenvalue weighted by molar-refractivity contribution is 0.358. The zero-order valence-electron chi connectivity index (χ0n) is 11.0. The molecule has 1 rings (SSSR count). The molecular formula is C13H24N2S. The van der Waals surface area contributed by atoms with Crippen molar-refractivity contribution in [3.05, 3.63) is 16.1 Å². The number of rotatable bonds is 6. The van der Waals surface area contributed by atoms with E-state index in [0.717, 1.165) is 13.1 Å². The van der Waals surface area contributed by atoms with Crippen LogP contribution in [-0.2, 0) is 6.54 Å². The van der Waals surface area contributed by atoms with Gasteiger partial charge in [0.05, 0.1) is 11.2 Å². The van der Waals surface area contributed by atoms with Gasteiger partial charge in [-0.05, 0) is 31.7 Å². The summed E-state index contributed by atoms with van der Waals surface area (Å²) in [7, 11) is 0. The maximum atomic E-state index is 4.24. The molecular weight excluding hydrogens is 216 g/mol. The van der Waals surface area contributed by atoms with Gasteiger partial charge < -0.3 is 5.32 Å². The molecule has 0 atom stereocenters. The lowest BCUT2D eigenvalue weighted by Crippen LogP contribution is -2.15. The fraction of sp³-hybridized carbons (Fsp3) is 0.769. The second-order valence-electron chi connectivity index (χ2n) is 5.56. The maximum Gasteiger partial charge on any atom is 0.0798 e. The number of nitrogens with one attached hydrogen (secondary N) is 1.